The van der Waals surface area contributed by atoms with E-state index in [1.165, 1.54) is 6.07 Å². The van der Waals surface area contributed by atoms with Crippen molar-refractivity contribution in [2.24, 2.45) is 10.4 Å². The van der Waals surface area contributed by atoms with E-state index in [9.17, 15) is 4.39 Å². The second kappa shape index (κ2) is 8.04. The lowest BCUT2D eigenvalue weighted by Gasteiger charge is -2.26. The molecule has 1 aromatic carbocycles. The highest BCUT2D eigenvalue weighted by atomic mass is 19.1. The number of para-hydroxylation sites is 1. The van der Waals surface area contributed by atoms with Crippen LogP contribution in [0.4, 0.5) is 4.39 Å². The van der Waals surface area contributed by atoms with Gasteiger partial charge in [-0.3, -0.25) is 4.99 Å². The molecule has 1 aromatic rings. The number of ether oxygens (including phenoxy) is 2. The van der Waals surface area contributed by atoms with E-state index in [2.05, 4.69) is 15.2 Å². The van der Waals surface area contributed by atoms with E-state index in [1.807, 2.05) is 6.92 Å². The fourth-order valence-corrected chi connectivity index (χ4v) is 3.61. The molecule has 0 amide bonds. The van der Waals surface area contributed by atoms with Crippen LogP contribution >= 0.6 is 0 Å². The van der Waals surface area contributed by atoms with Gasteiger partial charge in [0.15, 0.2) is 17.5 Å². The van der Waals surface area contributed by atoms with Gasteiger partial charge in [0.2, 0.25) is 0 Å². The summed E-state index contributed by atoms with van der Waals surface area (Å²) < 4.78 is 25.2. The summed E-state index contributed by atoms with van der Waals surface area (Å²) in [6.45, 7) is 6.34. The zero-order chi connectivity index (χ0) is 17.7. The lowest BCUT2D eigenvalue weighted by atomic mass is 9.87. The summed E-state index contributed by atoms with van der Waals surface area (Å²) >= 11 is 0. The molecule has 2 fully saturated rings. The molecule has 0 saturated carbocycles. The number of hydrogen-bond donors (Lipinski definition) is 1. The maximum absolute atomic E-state index is 13.8. The maximum Gasteiger partial charge on any atom is 0.193 e. The van der Waals surface area contributed by atoms with E-state index in [-0.39, 0.29) is 11.9 Å². The summed E-state index contributed by atoms with van der Waals surface area (Å²) in [7, 11) is 1.80. The molecule has 2 heterocycles. The minimum Gasteiger partial charge on any atom is -0.486 e. The van der Waals surface area contributed by atoms with Gasteiger partial charge >= 0.3 is 0 Å². The van der Waals surface area contributed by atoms with Crippen molar-refractivity contribution in [1.82, 2.24) is 10.2 Å². The van der Waals surface area contributed by atoms with E-state index >= 15 is 0 Å². The van der Waals surface area contributed by atoms with E-state index in [4.69, 9.17) is 9.47 Å². The Balaban J connectivity index is 1.54. The zero-order valence-corrected chi connectivity index (χ0v) is 15.1. The van der Waals surface area contributed by atoms with Gasteiger partial charge in [0.05, 0.1) is 13.2 Å². The highest BCUT2D eigenvalue weighted by Crippen LogP contribution is 2.38. The molecule has 2 aliphatic rings. The normalized spacial score (nSPS) is 24.8. The average Bonchev–Trinajstić information content (AvgIpc) is 3.26. The van der Waals surface area contributed by atoms with Crippen molar-refractivity contribution in [2.75, 3.05) is 39.9 Å². The Morgan fingerprint density at radius 3 is 2.96 bits per heavy atom. The fraction of sp³-hybridized carbons (Fsp3) is 0.632. The number of hydrogen-bond acceptors (Lipinski definition) is 3. The van der Waals surface area contributed by atoms with Gasteiger partial charge in [-0.1, -0.05) is 19.1 Å². The molecule has 3 rings (SSSR count). The Hall–Kier alpha value is -1.82. The maximum atomic E-state index is 13.8. The molecule has 2 atom stereocenters. The summed E-state index contributed by atoms with van der Waals surface area (Å²) in [4.78, 5) is 6.71. The third-order valence-electron chi connectivity index (χ3n) is 5.21. The standard InChI is InChI=1S/C19H28FN3O2/c1-3-15(25-17-7-5-4-6-16(17)20)12-22-18(21-2)23-10-8-19(13-23)9-11-24-14-19/h4-7,15H,3,8-14H2,1-2H3,(H,21,22). The van der Waals surface area contributed by atoms with Crippen LogP contribution in [0.15, 0.2) is 29.3 Å². The van der Waals surface area contributed by atoms with E-state index in [1.54, 1.807) is 25.2 Å². The van der Waals surface area contributed by atoms with Gasteiger partial charge in [0, 0.05) is 32.2 Å². The first-order chi connectivity index (χ1) is 12.2. The van der Waals surface area contributed by atoms with Gasteiger partial charge in [-0.2, -0.15) is 0 Å². The number of halogens is 1. The van der Waals surface area contributed by atoms with Crippen LogP contribution in [0, 0.1) is 11.2 Å². The quantitative estimate of drug-likeness (QED) is 0.656. The molecule has 2 unspecified atom stereocenters. The Kier molecular flexibility index (Phi) is 5.78. The summed E-state index contributed by atoms with van der Waals surface area (Å²) in [5.41, 5.74) is 0.297. The lowest BCUT2D eigenvalue weighted by molar-refractivity contribution is 0.156. The monoisotopic (exact) mass is 349 g/mol. The molecule has 6 heteroatoms. The highest BCUT2D eigenvalue weighted by Gasteiger charge is 2.42. The number of nitrogens with zero attached hydrogens (tertiary/aromatic N) is 2. The molecule has 1 spiro atoms. The van der Waals surface area contributed by atoms with Crippen molar-refractivity contribution in [1.29, 1.82) is 0 Å². The number of likely N-dealkylation sites (tertiary alicyclic amines) is 1. The summed E-state index contributed by atoms with van der Waals surface area (Å²) in [6.07, 6.45) is 2.96. The summed E-state index contributed by atoms with van der Waals surface area (Å²) in [6, 6.07) is 6.53. The predicted molar refractivity (Wildman–Crippen MR) is 96.5 cm³/mol. The number of nitrogens with one attached hydrogen (secondary N) is 1. The number of aliphatic imine (C=N–C) groups is 1. The topological polar surface area (TPSA) is 46.1 Å². The minimum absolute atomic E-state index is 0.111. The molecule has 5 nitrogen and oxygen atoms in total. The van der Waals surface area contributed by atoms with Crippen LogP contribution in [0.3, 0.4) is 0 Å². The van der Waals surface area contributed by atoms with E-state index < -0.39 is 0 Å². The molecule has 0 radical (unpaired) electrons. The largest absolute Gasteiger partial charge is 0.486 e. The molecule has 2 aliphatic heterocycles. The van der Waals surface area contributed by atoms with Gasteiger partial charge in [0.1, 0.15) is 6.10 Å². The Labute approximate surface area is 149 Å². The van der Waals surface area contributed by atoms with Crippen LogP contribution in [0.25, 0.3) is 0 Å². The molecule has 0 aromatic heterocycles. The molecular weight excluding hydrogens is 321 g/mol. The first-order valence-corrected chi connectivity index (χ1v) is 9.10. The van der Waals surface area contributed by atoms with Crippen LogP contribution in [0.2, 0.25) is 0 Å². The number of guanidine groups is 1. The van der Waals surface area contributed by atoms with Crippen LogP contribution in [0.1, 0.15) is 26.2 Å². The Morgan fingerprint density at radius 2 is 2.28 bits per heavy atom. The molecule has 138 valence electrons. The van der Waals surface area contributed by atoms with Crippen LogP contribution < -0.4 is 10.1 Å². The predicted octanol–water partition coefficient (Wildman–Crippen LogP) is 2.67. The second-order valence-corrected chi connectivity index (χ2v) is 6.98. The lowest BCUT2D eigenvalue weighted by Crippen LogP contribution is -2.45. The van der Waals surface area contributed by atoms with Crippen molar-refractivity contribution in [3.8, 4) is 5.75 Å². The Morgan fingerprint density at radius 1 is 1.44 bits per heavy atom. The van der Waals surface area contributed by atoms with Crippen molar-refractivity contribution in [3.05, 3.63) is 30.1 Å². The van der Waals surface area contributed by atoms with Gasteiger partial charge in [0.25, 0.3) is 0 Å². The zero-order valence-electron chi connectivity index (χ0n) is 15.1. The highest BCUT2D eigenvalue weighted by molar-refractivity contribution is 5.80. The molecular formula is C19H28FN3O2. The summed E-state index contributed by atoms with van der Waals surface area (Å²) in [5, 5.41) is 3.40. The fourth-order valence-electron chi connectivity index (χ4n) is 3.61. The van der Waals surface area contributed by atoms with Crippen LogP contribution in [-0.4, -0.2) is 56.9 Å². The third-order valence-corrected chi connectivity index (χ3v) is 5.21. The van der Waals surface area contributed by atoms with E-state index in [0.717, 1.165) is 51.5 Å². The smallest absolute Gasteiger partial charge is 0.193 e. The van der Waals surface area contributed by atoms with Crippen molar-refractivity contribution >= 4 is 5.96 Å². The van der Waals surface area contributed by atoms with Gasteiger partial charge in [-0.15, -0.1) is 0 Å². The van der Waals surface area contributed by atoms with Gasteiger partial charge in [-0.05, 0) is 31.4 Å². The first-order valence-electron chi connectivity index (χ1n) is 9.10. The van der Waals surface area contributed by atoms with Crippen LogP contribution in [0.5, 0.6) is 5.75 Å². The first kappa shape index (κ1) is 18.0. The Bertz CT molecular complexity index is 602. The average molecular weight is 349 g/mol. The summed E-state index contributed by atoms with van der Waals surface area (Å²) in [5.74, 6) is 0.863. The van der Waals surface area contributed by atoms with Gasteiger partial charge in [-0.25, -0.2) is 4.39 Å². The van der Waals surface area contributed by atoms with E-state index in [0.29, 0.717) is 17.7 Å². The van der Waals surface area contributed by atoms with Crippen LogP contribution in [-0.2, 0) is 4.74 Å². The van der Waals surface area contributed by atoms with Crippen molar-refractivity contribution < 1.29 is 13.9 Å². The number of benzene rings is 1. The molecule has 0 aliphatic carbocycles. The van der Waals surface area contributed by atoms with Gasteiger partial charge < -0.3 is 19.7 Å². The number of rotatable bonds is 5. The molecule has 25 heavy (non-hydrogen) atoms. The van der Waals surface area contributed by atoms with Crippen molar-refractivity contribution in [2.45, 2.75) is 32.3 Å². The van der Waals surface area contributed by atoms with Crippen molar-refractivity contribution in [3.63, 3.8) is 0 Å². The molecule has 0 bridgehead atoms. The minimum atomic E-state index is -0.326. The third kappa shape index (κ3) is 4.24. The molecule has 2 saturated heterocycles. The second-order valence-electron chi connectivity index (χ2n) is 6.98. The SMILES string of the molecule is CCC(CNC(=NC)N1CCC2(CCOC2)C1)Oc1ccccc1F. The molecule has 1 N–H and O–H groups in total.